The number of amides is 1. The van der Waals surface area contributed by atoms with E-state index in [1.54, 1.807) is 16.8 Å². The van der Waals surface area contributed by atoms with Gasteiger partial charge in [0.05, 0.1) is 5.69 Å². The number of benzene rings is 1. The molecule has 0 unspecified atom stereocenters. The van der Waals surface area contributed by atoms with Crippen LogP contribution in [0.4, 0.5) is 11.4 Å². The van der Waals surface area contributed by atoms with Crippen LogP contribution in [0.15, 0.2) is 47.4 Å². The highest BCUT2D eigenvalue weighted by atomic mass is 35.5. The SMILES string of the molecule is CCn1cc(NC(=O)CCc2ccccc2N)ccc1=O.Cl. The Kier molecular flexibility index (Phi) is 6.66. The third-order valence-electron chi connectivity index (χ3n) is 3.28. The van der Waals surface area contributed by atoms with Gasteiger partial charge in [0, 0.05) is 30.9 Å². The summed E-state index contributed by atoms with van der Waals surface area (Å²) in [5.41, 5.74) is 8.06. The number of aryl methyl sites for hydroxylation is 2. The first kappa shape index (κ1) is 17.8. The zero-order valence-corrected chi connectivity index (χ0v) is 13.2. The lowest BCUT2D eigenvalue weighted by atomic mass is 10.1. The minimum atomic E-state index is -0.0976. The number of nitrogens with zero attached hydrogens (tertiary/aromatic N) is 1. The quantitative estimate of drug-likeness (QED) is 0.830. The fourth-order valence-electron chi connectivity index (χ4n) is 2.09. The molecule has 0 atom stereocenters. The molecule has 0 aliphatic rings. The maximum Gasteiger partial charge on any atom is 0.250 e. The first-order chi connectivity index (χ1) is 10.1. The summed E-state index contributed by atoms with van der Waals surface area (Å²) >= 11 is 0. The fraction of sp³-hybridized carbons (Fsp3) is 0.250. The van der Waals surface area contributed by atoms with Crippen LogP contribution in [0.2, 0.25) is 0 Å². The third kappa shape index (κ3) is 4.63. The van der Waals surface area contributed by atoms with Crippen molar-refractivity contribution >= 4 is 29.7 Å². The molecule has 0 aliphatic heterocycles. The Hall–Kier alpha value is -2.27. The van der Waals surface area contributed by atoms with E-state index in [1.165, 1.54) is 6.07 Å². The maximum absolute atomic E-state index is 11.9. The molecule has 5 nitrogen and oxygen atoms in total. The summed E-state index contributed by atoms with van der Waals surface area (Å²) in [6, 6.07) is 10.6. The number of nitrogen functional groups attached to an aromatic ring is 1. The number of hydrogen-bond acceptors (Lipinski definition) is 3. The number of para-hydroxylation sites is 1. The van der Waals surface area contributed by atoms with Crippen LogP contribution in [-0.2, 0) is 17.8 Å². The van der Waals surface area contributed by atoms with Gasteiger partial charge in [-0.1, -0.05) is 18.2 Å². The molecule has 0 aliphatic carbocycles. The number of rotatable bonds is 5. The summed E-state index contributed by atoms with van der Waals surface area (Å²) in [4.78, 5) is 23.4. The van der Waals surface area contributed by atoms with Crippen LogP contribution in [0.5, 0.6) is 0 Å². The van der Waals surface area contributed by atoms with E-state index < -0.39 is 0 Å². The highest BCUT2D eigenvalue weighted by Gasteiger charge is 2.06. The van der Waals surface area contributed by atoms with Crippen molar-refractivity contribution in [2.45, 2.75) is 26.3 Å². The van der Waals surface area contributed by atoms with Gasteiger partial charge in [-0.15, -0.1) is 12.4 Å². The molecular weight excluding hydrogens is 302 g/mol. The summed E-state index contributed by atoms with van der Waals surface area (Å²) in [6.45, 7) is 2.45. The van der Waals surface area contributed by atoms with E-state index in [4.69, 9.17) is 5.73 Å². The zero-order chi connectivity index (χ0) is 15.2. The number of hydrogen-bond donors (Lipinski definition) is 2. The molecule has 22 heavy (non-hydrogen) atoms. The number of pyridine rings is 1. The minimum Gasteiger partial charge on any atom is -0.399 e. The van der Waals surface area contributed by atoms with E-state index in [0.717, 1.165) is 5.56 Å². The first-order valence-electron chi connectivity index (χ1n) is 6.94. The molecular formula is C16H20ClN3O2. The molecule has 2 aromatic rings. The van der Waals surface area contributed by atoms with Crippen LogP contribution in [0.1, 0.15) is 18.9 Å². The Morgan fingerprint density at radius 3 is 2.64 bits per heavy atom. The summed E-state index contributed by atoms with van der Waals surface area (Å²) < 4.78 is 1.55. The number of halogens is 1. The van der Waals surface area contributed by atoms with Gasteiger partial charge in [0.1, 0.15) is 0 Å². The van der Waals surface area contributed by atoms with Crippen molar-refractivity contribution < 1.29 is 4.79 Å². The summed E-state index contributed by atoms with van der Waals surface area (Å²) in [7, 11) is 0. The second kappa shape index (κ2) is 8.24. The Morgan fingerprint density at radius 2 is 1.95 bits per heavy atom. The number of aromatic nitrogens is 1. The highest BCUT2D eigenvalue weighted by Crippen LogP contribution is 2.13. The molecule has 0 saturated carbocycles. The van der Waals surface area contributed by atoms with Crippen molar-refractivity contribution in [3.63, 3.8) is 0 Å². The smallest absolute Gasteiger partial charge is 0.250 e. The van der Waals surface area contributed by atoms with Crippen molar-refractivity contribution in [2.24, 2.45) is 0 Å². The lowest BCUT2D eigenvalue weighted by Crippen LogP contribution is -2.20. The minimum absolute atomic E-state index is 0. The summed E-state index contributed by atoms with van der Waals surface area (Å²) in [5, 5.41) is 2.79. The van der Waals surface area contributed by atoms with E-state index in [0.29, 0.717) is 30.8 Å². The van der Waals surface area contributed by atoms with Gasteiger partial charge in [-0.05, 0) is 31.0 Å². The average Bonchev–Trinajstić information content (AvgIpc) is 2.48. The van der Waals surface area contributed by atoms with E-state index in [9.17, 15) is 9.59 Å². The van der Waals surface area contributed by atoms with Crippen LogP contribution in [0, 0.1) is 0 Å². The van der Waals surface area contributed by atoms with E-state index >= 15 is 0 Å². The molecule has 1 heterocycles. The summed E-state index contributed by atoms with van der Waals surface area (Å²) in [5.74, 6) is -0.0976. The second-order valence-corrected chi connectivity index (χ2v) is 4.79. The Morgan fingerprint density at radius 1 is 1.23 bits per heavy atom. The van der Waals surface area contributed by atoms with E-state index in [1.807, 2.05) is 31.2 Å². The van der Waals surface area contributed by atoms with Crippen molar-refractivity contribution in [3.05, 3.63) is 58.5 Å². The Labute approximate surface area is 135 Å². The first-order valence-corrected chi connectivity index (χ1v) is 6.94. The van der Waals surface area contributed by atoms with Crippen LogP contribution in [0.25, 0.3) is 0 Å². The fourth-order valence-corrected chi connectivity index (χ4v) is 2.09. The van der Waals surface area contributed by atoms with Crippen LogP contribution >= 0.6 is 12.4 Å². The Balaban J connectivity index is 0.00000242. The molecule has 0 saturated heterocycles. The predicted molar refractivity (Wildman–Crippen MR) is 91.4 cm³/mol. The Bertz CT molecular complexity index is 698. The van der Waals surface area contributed by atoms with Gasteiger partial charge in [0.2, 0.25) is 5.91 Å². The number of nitrogens with two attached hydrogens (primary N) is 1. The molecule has 0 fully saturated rings. The van der Waals surface area contributed by atoms with Gasteiger partial charge < -0.3 is 15.6 Å². The molecule has 3 N–H and O–H groups in total. The van der Waals surface area contributed by atoms with Gasteiger partial charge in [-0.2, -0.15) is 0 Å². The molecule has 1 amide bonds. The number of carbonyl (C=O) groups excluding carboxylic acids is 1. The molecule has 0 spiro atoms. The molecule has 118 valence electrons. The van der Waals surface area contributed by atoms with Crippen molar-refractivity contribution in [1.29, 1.82) is 0 Å². The second-order valence-electron chi connectivity index (χ2n) is 4.79. The van der Waals surface area contributed by atoms with Gasteiger partial charge >= 0.3 is 0 Å². The molecule has 1 aromatic heterocycles. The van der Waals surface area contributed by atoms with Crippen molar-refractivity contribution in [1.82, 2.24) is 4.57 Å². The normalized spacial score (nSPS) is 9.86. The number of anilines is 2. The lowest BCUT2D eigenvalue weighted by molar-refractivity contribution is -0.116. The molecule has 0 bridgehead atoms. The topological polar surface area (TPSA) is 77.1 Å². The average molecular weight is 322 g/mol. The molecule has 0 radical (unpaired) electrons. The van der Waals surface area contributed by atoms with E-state index in [-0.39, 0.29) is 23.9 Å². The summed E-state index contributed by atoms with van der Waals surface area (Å²) in [6.07, 6.45) is 2.59. The third-order valence-corrected chi connectivity index (χ3v) is 3.28. The lowest BCUT2D eigenvalue weighted by Gasteiger charge is -2.08. The van der Waals surface area contributed by atoms with Crippen LogP contribution in [0.3, 0.4) is 0 Å². The molecule has 1 aromatic carbocycles. The number of carbonyl (C=O) groups is 1. The maximum atomic E-state index is 11.9. The van der Waals surface area contributed by atoms with Gasteiger partial charge in [-0.3, -0.25) is 9.59 Å². The zero-order valence-electron chi connectivity index (χ0n) is 12.4. The van der Waals surface area contributed by atoms with Gasteiger partial charge in [0.25, 0.3) is 5.56 Å². The molecule has 2 rings (SSSR count). The number of nitrogens with one attached hydrogen (secondary N) is 1. The van der Waals surface area contributed by atoms with Gasteiger partial charge in [-0.25, -0.2) is 0 Å². The van der Waals surface area contributed by atoms with Crippen molar-refractivity contribution in [3.8, 4) is 0 Å². The predicted octanol–water partition coefficient (Wildman–Crippen LogP) is 2.44. The molecule has 6 heteroatoms. The standard InChI is InChI=1S/C16H19N3O2.ClH/c1-2-19-11-13(8-10-16(19)21)18-15(20)9-7-12-5-3-4-6-14(12)17;/h3-6,8,10-11H,2,7,9,17H2,1H3,(H,18,20);1H. The largest absolute Gasteiger partial charge is 0.399 e. The van der Waals surface area contributed by atoms with Gasteiger partial charge in [0.15, 0.2) is 0 Å². The highest BCUT2D eigenvalue weighted by molar-refractivity contribution is 5.90. The van der Waals surface area contributed by atoms with Crippen LogP contribution in [-0.4, -0.2) is 10.5 Å². The monoisotopic (exact) mass is 321 g/mol. The van der Waals surface area contributed by atoms with E-state index in [2.05, 4.69) is 5.32 Å². The van der Waals surface area contributed by atoms with Crippen LogP contribution < -0.4 is 16.6 Å². The van der Waals surface area contributed by atoms with Crippen molar-refractivity contribution in [2.75, 3.05) is 11.1 Å².